The van der Waals surface area contributed by atoms with Crippen LogP contribution in [0.25, 0.3) is 0 Å². The third-order valence-electron chi connectivity index (χ3n) is 2.44. The summed E-state index contributed by atoms with van der Waals surface area (Å²) in [5.74, 6) is 0.649. The third-order valence-corrected chi connectivity index (χ3v) is 3.51. The maximum atomic E-state index is 11.6. The lowest BCUT2D eigenvalue weighted by Gasteiger charge is -2.09. The second-order valence-electron chi connectivity index (χ2n) is 3.69. The molecule has 4 nitrogen and oxygen atoms in total. The number of amides is 1. The minimum Gasteiger partial charge on any atom is -0.351 e. The van der Waals surface area contributed by atoms with Crippen LogP contribution >= 0.6 is 15.9 Å². The van der Waals surface area contributed by atoms with Gasteiger partial charge in [-0.15, -0.1) is 0 Å². The molecule has 0 saturated heterocycles. The van der Waals surface area contributed by atoms with Crippen LogP contribution in [0, 0.1) is 5.92 Å². The Kier molecular flexibility index (Phi) is 3.30. The van der Waals surface area contributed by atoms with Crippen LogP contribution in [0.4, 0.5) is 0 Å². The van der Waals surface area contributed by atoms with Gasteiger partial charge in [0.15, 0.2) is 0 Å². The van der Waals surface area contributed by atoms with Gasteiger partial charge in [0.1, 0.15) is 0 Å². The van der Waals surface area contributed by atoms with Crippen molar-refractivity contribution in [1.82, 2.24) is 15.5 Å². The van der Waals surface area contributed by atoms with Crippen LogP contribution in [0.2, 0.25) is 0 Å². The van der Waals surface area contributed by atoms with Gasteiger partial charge in [0.2, 0.25) is 0 Å². The molecule has 2 rings (SSSR count). The normalized spacial score (nSPS) is 17.1. The number of aromatic nitrogens is 2. The van der Waals surface area contributed by atoms with Crippen molar-refractivity contribution in [3.8, 4) is 0 Å². The summed E-state index contributed by atoms with van der Waals surface area (Å²) in [6.07, 6.45) is 5.52. The lowest BCUT2D eigenvalue weighted by Crippen LogP contribution is -2.30. The molecule has 0 aliphatic heterocycles. The molecule has 1 heterocycles. The van der Waals surface area contributed by atoms with E-state index in [1.54, 1.807) is 6.07 Å². The van der Waals surface area contributed by atoms with Crippen molar-refractivity contribution >= 4 is 21.8 Å². The monoisotopic (exact) mass is 269 g/mol. The highest BCUT2D eigenvalue weighted by molar-refractivity contribution is 9.09. The summed E-state index contributed by atoms with van der Waals surface area (Å²) in [6.45, 7) is 0.672. The molecule has 80 valence electrons. The molecule has 1 aromatic rings. The van der Waals surface area contributed by atoms with Crippen LogP contribution in [0.5, 0.6) is 0 Å². The van der Waals surface area contributed by atoms with E-state index < -0.39 is 0 Å². The van der Waals surface area contributed by atoms with Crippen molar-refractivity contribution in [1.29, 1.82) is 0 Å². The van der Waals surface area contributed by atoms with Gasteiger partial charge in [-0.1, -0.05) is 15.9 Å². The zero-order valence-corrected chi connectivity index (χ0v) is 9.77. The molecule has 0 spiro atoms. The fourth-order valence-corrected chi connectivity index (χ4v) is 2.03. The van der Waals surface area contributed by atoms with E-state index in [2.05, 4.69) is 31.4 Å². The summed E-state index contributed by atoms with van der Waals surface area (Å²) in [7, 11) is 0. The largest absolute Gasteiger partial charge is 0.351 e. The first-order chi connectivity index (χ1) is 7.27. The SMILES string of the molecule is O=C(NCC(Br)C1CC1)c1ccnnc1. The molecule has 1 fully saturated rings. The summed E-state index contributed by atoms with van der Waals surface area (Å²) < 4.78 is 0. The average molecular weight is 270 g/mol. The first kappa shape index (κ1) is 10.5. The zero-order valence-electron chi connectivity index (χ0n) is 8.19. The van der Waals surface area contributed by atoms with Crippen LogP contribution in [0.1, 0.15) is 23.2 Å². The van der Waals surface area contributed by atoms with E-state index in [1.165, 1.54) is 25.2 Å². The first-order valence-corrected chi connectivity index (χ1v) is 5.88. The lowest BCUT2D eigenvalue weighted by atomic mass is 10.2. The quantitative estimate of drug-likeness (QED) is 0.841. The predicted octanol–water partition coefficient (Wildman–Crippen LogP) is 1.38. The van der Waals surface area contributed by atoms with Crippen molar-refractivity contribution in [3.05, 3.63) is 24.0 Å². The Balaban J connectivity index is 1.82. The molecule has 15 heavy (non-hydrogen) atoms. The Labute approximate surface area is 96.6 Å². The number of hydrogen-bond donors (Lipinski definition) is 1. The van der Waals surface area contributed by atoms with Crippen LogP contribution in [-0.4, -0.2) is 27.5 Å². The Hall–Kier alpha value is -0.970. The Morgan fingerprint density at radius 1 is 1.60 bits per heavy atom. The maximum absolute atomic E-state index is 11.6. The molecule has 1 unspecified atom stereocenters. The summed E-state index contributed by atoms with van der Waals surface area (Å²) in [6, 6.07) is 1.66. The summed E-state index contributed by atoms with van der Waals surface area (Å²) in [5, 5.41) is 10.1. The number of nitrogens with one attached hydrogen (secondary N) is 1. The van der Waals surface area contributed by atoms with Gasteiger partial charge in [-0.2, -0.15) is 10.2 Å². The fraction of sp³-hybridized carbons (Fsp3) is 0.500. The highest BCUT2D eigenvalue weighted by Gasteiger charge is 2.29. The molecular formula is C10H12BrN3O. The van der Waals surface area contributed by atoms with E-state index >= 15 is 0 Å². The fourth-order valence-electron chi connectivity index (χ4n) is 1.34. The Morgan fingerprint density at radius 2 is 2.40 bits per heavy atom. The van der Waals surface area contributed by atoms with Gasteiger partial charge in [-0.25, -0.2) is 0 Å². The molecule has 1 atom stereocenters. The topological polar surface area (TPSA) is 54.9 Å². The highest BCUT2D eigenvalue weighted by Crippen LogP contribution is 2.36. The van der Waals surface area contributed by atoms with Crippen LogP contribution in [0.3, 0.4) is 0 Å². The third kappa shape index (κ3) is 2.99. The number of nitrogens with zero attached hydrogens (tertiary/aromatic N) is 2. The van der Waals surface area contributed by atoms with Crippen molar-refractivity contribution in [3.63, 3.8) is 0 Å². The number of rotatable bonds is 4. The summed E-state index contributed by atoms with van der Waals surface area (Å²) in [4.78, 5) is 12.0. The van der Waals surface area contributed by atoms with Crippen LogP contribution in [-0.2, 0) is 0 Å². The van der Waals surface area contributed by atoms with E-state index in [0.717, 1.165) is 5.92 Å². The van der Waals surface area contributed by atoms with Gasteiger partial charge in [0.25, 0.3) is 5.91 Å². The Morgan fingerprint density at radius 3 is 3.00 bits per heavy atom. The number of alkyl halides is 1. The lowest BCUT2D eigenvalue weighted by molar-refractivity contribution is 0.0953. The molecule has 1 amide bonds. The van der Waals surface area contributed by atoms with E-state index in [-0.39, 0.29) is 5.91 Å². The van der Waals surface area contributed by atoms with Gasteiger partial charge in [-0.3, -0.25) is 4.79 Å². The minimum atomic E-state index is -0.0880. The van der Waals surface area contributed by atoms with E-state index in [4.69, 9.17) is 0 Å². The Bertz CT molecular complexity index is 340. The van der Waals surface area contributed by atoms with E-state index in [0.29, 0.717) is 16.9 Å². The molecule has 1 N–H and O–H groups in total. The maximum Gasteiger partial charge on any atom is 0.253 e. The molecule has 1 aromatic heterocycles. The summed E-state index contributed by atoms with van der Waals surface area (Å²) >= 11 is 3.56. The number of halogens is 1. The average Bonchev–Trinajstić information content (AvgIpc) is 3.10. The van der Waals surface area contributed by atoms with Gasteiger partial charge in [-0.05, 0) is 24.8 Å². The number of hydrogen-bond acceptors (Lipinski definition) is 3. The zero-order chi connectivity index (χ0) is 10.7. The number of carbonyl (C=O) groups excluding carboxylic acids is 1. The molecule has 0 aromatic carbocycles. The first-order valence-electron chi connectivity index (χ1n) is 4.96. The highest BCUT2D eigenvalue weighted by atomic mass is 79.9. The molecule has 0 bridgehead atoms. The molecule has 5 heteroatoms. The number of carbonyl (C=O) groups is 1. The predicted molar refractivity (Wildman–Crippen MR) is 59.8 cm³/mol. The van der Waals surface area contributed by atoms with E-state index in [1.807, 2.05) is 0 Å². The molecule has 1 aliphatic carbocycles. The smallest absolute Gasteiger partial charge is 0.253 e. The second-order valence-corrected chi connectivity index (χ2v) is 4.87. The summed E-state index contributed by atoms with van der Waals surface area (Å²) in [5.41, 5.74) is 0.556. The van der Waals surface area contributed by atoms with Gasteiger partial charge in [0, 0.05) is 11.4 Å². The molecule has 1 aliphatic rings. The molecule has 0 radical (unpaired) electrons. The van der Waals surface area contributed by atoms with Crippen molar-refractivity contribution in [2.24, 2.45) is 5.92 Å². The van der Waals surface area contributed by atoms with Gasteiger partial charge in [0.05, 0.1) is 18.0 Å². The second kappa shape index (κ2) is 4.70. The van der Waals surface area contributed by atoms with Crippen molar-refractivity contribution in [2.45, 2.75) is 17.7 Å². The molecular weight excluding hydrogens is 258 g/mol. The minimum absolute atomic E-state index is 0.0880. The van der Waals surface area contributed by atoms with Crippen LogP contribution < -0.4 is 5.32 Å². The van der Waals surface area contributed by atoms with Crippen molar-refractivity contribution in [2.75, 3.05) is 6.54 Å². The standard InChI is InChI=1S/C10H12BrN3O/c11-9(7-1-2-7)6-12-10(15)8-3-4-13-14-5-8/h3-5,7,9H,1-2,6H2,(H,12,15). The van der Waals surface area contributed by atoms with Crippen LogP contribution in [0.15, 0.2) is 18.5 Å². The van der Waals surface area contributed by atoms with E-state index in [9.17, 15) is 4.79 Å². The van der Waals surface area contributed by atoms with Gasteiger partial charge >= 0.3 is 0 Å². The van der Waals surface area contributed by atoms with Gasteiger partial charge < -0.3 is 5.32 Å². The molecule has 1 saturated carbocycles. The van der Waals surface area contributed by atoms with Crippen molar-refractivity contribution < 1.29 is 4.79 Å².